The first kappa shape index (κ1) is 25.8. The van der Waals surface area contributed by atoms with Crippen LogP contribution in [-0.2, 0) is 20.7 Å². The topological polar surface area (TPSA) is 131 Å². The first-order valence-corrected chi connectivity index (χ1v) is 11.0. The number of nitrogens with zero attached hydrogens (tertiary/aromatic N) is 3. The average Bonchev–Trinajstić information content (AvgIpc) is 3.30. The molecule has 0 bridgehead atoms. The Kier molecular flexibility index (Phi) is 8.13. The number of carbonyl (C=O) groups excluding carboxylic acids is 2. The van der Waals surface area contributed by atoms with Gasteiger partial charge in [-0.3, -0.25) is 20.2 Å². The number of hydrogen-bond acceptors (Lipinski definition) is 8. The number of carbonyl (C=O) groups is 2. The highest BCUT2D eigenvalue weighted by Gasteiger charge is 2.28. The predicted molar refractivity (Wildman–Crippen MR) is 127 cm³/mol. The molecular weight excluding hydrogens is 455 g/mol. The summed E-state index contributed by atoms with van der Waals surface area (Å²) >= 11 is 0. The molecule has 2 aromatic carbocycles. The van der Waals surface area contributed by atoms with Crippen LogP contribution in [0.1, 0.15) is 33.3 Å². The Morgan fingerprint density at radius 1 is 1.17 bits per heavy atom. The van der Waals surface area contributed by atoms with Crippen LogP contribution >= 0.6 is 0 Å². The van der Waals surface area contributed by atoms with E-state index in [9.17, 15) is 14.0 Å². The van der Waals surface area contributed by atoms with Crippen LogP contribution in [0.25, 0.3) is 11.1 Å². The van der Waals surface area contributed by atoms with E-state index in [4.69, 9.17) is 9.47 Å². The van der Waals surface area contributed by atoms with Crippen LogP contribution in [-0.4, -0.2) is 57.3 Å². The van der Waals surface area contributed by atoms with E-state index in [1.807, 2.05) is 6.07 Å². The largest absolute Gasteiger partial charge is 0.496 e. The molecule has 1 unspecified atom stereocenters. The summed E-state index contributed by atoms with van der Waals surface area (Å²) in [6.45, 7) is 6.93. The number of benzene rings is 2. The van der Waals surface area contributed by atoms with Gasteiger partial charge in [0, 0.05) is 5.56 Å². The molecule has 0 saturated heterocycles. The molecule has 1 heterocycles. The molecule has 0 aliphatic heterocycles. The average molecular weight is 485 g/mol. The highest BCUT2D eigenvalue weighted by Crippen LogP contribution is 2.31. The van der Waals surface area contributed by atoms with Crippen molar-refractivity contribution in [2.75, 3.05) is 12.4 Å². The second kappa shape index (κ2) is 11.0. The van der Waals surface area contributed by atoms with Crippen molar-refractivity contribution in [2.45, 2.75) is 51.8 Å². The number of rotatable bonds is 9. The molecular formula is C24H29FN6O4. The Bertz CT molecular complexity index is 1160. The van der Waals surface area contributed by atoms with Gasteiger partial charge in [-0.05, 0) is 73.9 Å². The molecule has 0 saturated carbocycles. The molecule has 0 aliphatic carbocycles. The van der Waals surface area contributed by atoms with E-state index >= 15 is 0 Å². The SMILES string of the molecule is COc1cc(C[C@H](NC(C)C(=O)OC(C)(C)C)C(=O)Nc2nnn[nH]2)ccc1-c1cccc(F)c1. The first-order chi connectivity index (χ1) is 16.6. The molecule has 0 aliphatic rings. The Hall–Kier alpha value is -3.86. The van der Waals surface area contributed by atoms with E-state index in [0.717, 1.165) is 5.56 Å². The summed E-state index contributed by atoms with van der Waals surface area (Å²) in [6, 6.07) is 9.98. The van der Waals surface area contributed by atoms with Gasteiger partial charge < -0.3 is 9.47 Å². The van der Waals surface area contributed by atoms with E-state index < -0.39 is 29.6 Å². The first-order valence-electron chi connectivity index (χ1n) is 11.0. The monoisotopic (exact) mass is 484 g/mol. The van der Waals surface area contributed by atoms with Crippen LogP contribution in [0.5, 0.6) is 5.75 Å². The van der Waals surface area contributed by atoms with Crippen molar-refractivity contribution in [3.8, 4) is 16.9 Å². The van der Waals surface area contributed by atoms with Crippen molar-refractivity contribution in [3.05, 3.63) is 53.8 Å². The Labute approximate surface area is 202 Å². The van der Waals surface area contributed by atoms with E-state index in [1.165, 1.54) is 19.2 Å². The van der Waals surface area contributed by atoms with Crippen molar-refractivity contribution >= 4 is 17.8 Å². The number of amides is 1. The zero-order chi connectivity index (χ0) is 25.6. The zero-order valence-corrected chi connectivity index (χ0v) is 20.3. The number of hydrogen-bond donors (Lipinski definition) is 3. The van der Waals surface area contributed by atoms with Gasteiger partial charge in [0.2, 0.25) is 11.9 Å². The maximum absolute atomic E-state index is 13.7. The molecule has 0 radical (unpaired) electrons. The molecule has 1 amide bonds. The molecule has 0 fully saturated rings. The van der Waals surface area contributed by atoms with Gasteiger partial charge in [-0.15, -0.1) is 0 Å². The maximum atomic E-state index is 13.7. The van der Waals surface area contributed by atoms with Crippen LogP contribution in [0.3, 0.4) is 0 Å². The van der Waals surface area contributed by atoms with Crippen LogP contribution in [0.2, 0.25) is 0 Å². The maximum Gasteiger partial charge on any atom is 0.323 e. The lowest BCUT2D eigenvalue weighted by molar-refractivity contribution is -0.157. The molecule has 2 atom stereocenters. The molecule has 3 aromatic rings. The number of aromatic nitrogens is 4. The Morgan fingerprint density at radius 3 is 2.57 bits per heavy atom. The van der Waals surface area contributed by atoms with Crippen molar-refractivity contribution < 1.29 is 23.5 Å². The summed E-state index contributed by atoms with van der Waals surface area (Å²) in [7, 11) is 1.52. The number of halogens is 1. The summed E-state index contributed by atoms with van der Waals surface area (Å²) in [5.74, 6) is -0.701. The van der Waals surface area contributed by atoms with E-state index in [2.05, 4.69) is 31.3 Å². The second-order valence-corrected chi connectivity index (χ2v) is 8.96. The molecule has 186 valence electrons. The number of H-pyrrole nitrogens is 1. The molecule has 3 N–H and O–H groups in total. The highest BCUT2D eigenvalue weighted by molar-refractivity contribution is 5.94. The standard InChI is InChI=1S/C24H29FN6O4/c1-14(22(33)35-24(2,3)4)26-19(21(32)27-23-28-30-31-29-23)11-15-9-10-18(20(12-15)34-5)16-7-6-8-17(25)13-16/h6-10,12-14,19,26H,11H2,1-5H3,(H2,27,28,29,30,31,32)/t14?,19-/m0/s1. The third kappa shape index (κ3) is 7.31. The van der Waals surface area contributed by atoms with Gasteiger partial charge in [-0.1, -0.05) is 29.4 Å². The summed E-state index contributed by atoms with van der Waals surface area (Å²) in [5, 5.41) is 18.6. The van der Waals surface area contributed by atoms with Gasteiger partial charge in [0.25, 0.3) is 0 Å². The second-order valence-electron chi connectivity index (χ2n) is 8.96. The van der Waals surface area contributed by atoms with E-state index in [0.29, 0.717) is 16.9 Å². The zero-order valence-electron chi connectivity index (χ0n) is 20.3. The van der Waals surface area contributed by atoms with Gasteiger partial charge in [-0.2, -0.15) is 0 Å². The van der Waals surface area contributed by atoms with Crippen molar-refractivity contribution in [2.24, 2.45) is 0 Å². The number of anilines is 1. The van der Waals surface area contributed by atoms with Crippen LogP contribution in [0, 0.1) is 5.82 Å². The number of methoxy groups -OCH3 is 1. The molecule has 35 heavy (non-hydrogen) atoms. The van der Waals surface area contributed by atoms with Gasteiger partial charge in [0.1, 0.15) is 23.2 Å². The fourth-order valence-corrected chi connectivity index (χ4v) is 3.40. The van der Waals surface area contributed by atoms with Crippen molar-refractivity contribution in [1.29, 1.82) is 0 Å². The minimum absolute atomic E-state index is 0.0748. The number of esters is 1. The summed E-state index contributed by atoms with van der Waals surface area (Å²) < 4.78 is 24.7. The fourth-order valence-electron chi connectivity index (χ4n) is 3.40. The van der Waals surface area contributed by atoms with Crippen molar-refractivity contribution in [1.82, 2.24) is 25.9 Å². The third-order valence-corrected chi connectivity index (χ3v) is 4.96. The molecule has 1 aromatic heterocycles. The molecule has 11 heteroatoms. The van der Waals surface area contributed by atoms with Gasteiger partial charge in [0.05, 0.1) is 13.2 Å². The normalized spacial score (nSPS) is 13.1. The van der Waals surface area contributed by atoms with Gasteiger partial charge in [0.15, 0.2) is 0 Å². The number of aromatic amines is 1. The fraction of sp³-hybridized carbons (Fsp3) is 0.375. The lowest BCUT2D eigenvalue weighted by Gasteiger charge is -2.25. The Balaban J connectivity index is 1.84. The number of nitrogens with one attached hydrogen (secondary N) is 3. The number of ether oxygens (including phenoxy) is 2. The van der Waals surface area contributed by atoms with Gasteiger partial charge in [-0.25, -0.2) is 9.49 Å². The summed E-state index contributed by atoms with van der Waals surface area (Å²) in [5.41, 5.74) is 1.45. The van der Waals surface area contributed by atoms with E-state index in [1.54, 1.807) is 52.0 Å². The smallest absolute Gasteiger partial charge is 0.323 e. The van der Waals surface area contributed by atoms with Crippen LogP contribution in [0.4, 0.5) is 10.3 Å². The Morgan fingerprint density at radius 2 is 1.94 bits per heavy atom. The summed E-state index contributed by atoms with van der Waals surface area (Å²) in [6.07, 6.45) is 0.209. The van der Waals surface area contributed by atoms with Crippen molar-refractivity contribution in [3.63, 3.8) is 0 Å². The molecule has 0 spiro atoms. The number of tetrazole rings is 1. The minimum atomic E-state index is -0.840. The van der Waals surface area contributed by atoms with Crippen LogP contribution in [0.15, 0.2) is 42.5 Å². The molecule has 3 rings (SSSR count). The van der Waals surface area contributed by atoms with Crippen LogP contribution < -0.4 is 15.4 Å². The summed E-state index contributed by atoms with van der Waals surface area (Å²) in [4.78, 5) is 25.5. The lowest BCUT2D eigenvalue weighted by Crippen LogP contribution is -2.50. The van der Waals surface area contributed by atoms with Gasteiger partial charge >= 0.3 is 5.97 Å². The minimum Gasteiger partial charge on any atom is -0.496 e. The quantitative estimate of drug-likeness (QED) is 0.395. The third-order valence-electron chi connectivity index (χ3n) is 4.96. The lowest BCUT2D eigenvalue weighted by atomic mass is 9.98. The predicted octanol–water partition coefficient (Wildman–Crippen LogP) is 2.88. The van der Waals surface area contributed by atoms with E-state index in [-0.39, 0.29) is 18.2 Å². The molecule has 10 nitrogen and oxygen atoms in total. The highest BCUT2D eigenvalue weighted by atomic mass is 19.1.